The average Bonchev–Trinajstić information content (AvgIpc) is 2.60. The van der Waals surface area contributed by atoms with Crippen LogP contribution in [0.15, 0.2) is 18.2 Å². The van der Waals surface area contributed by atoms with Gasteiger partial charge >= 0.3 is 11.7 Å². The SMILES string of the molecule is CCC(C=O)c1ccc(OC)c([N+](=O)[O-])c1.N[C@@H](CCPO)C(=O)O. The van der Waals surface area contributed by atoms with E-state index in [9.17, 15) is 19.7 Å². The van der Waals surface area contributed by atoms with Crippen LogP contribution in [0.3, 0.4) is 0 Å². The van der Waals surface area contributed by atoms with Gasteiger partial charge in [-0.15, -0.1) is 0 Å². The molecule has 0 saturated heterocycles. The first-order valence-electron chi connectivity index (χ1n) is 7.45. The summed E-state index contributed by atoms with van der Waals surface area (Å²) in [6.07, 6.45) is 2.25. The third kappa shape index (κ3) is 8.02. The Morgan fingerprint density at radius 2 is 2.16 bits per heavy atom. The van der Waals surface area contributed by atoms with E-state index in [1.807, 2.05) is 6.92 Å². The molecule has 0 saturated carbocycles. The number of rotatable bonds is 9. The molecule has 0 fully saturated rings. The van der Waals surface area contributed by atoms with Gasteiger partial charge in [-0.2, -0.15) is 0 Å². The van der Waals surface area contributed by atoms with E-state index in [2.05, 4.69) is 0 Å². The molecule has 3 atom stereocenters. The van der Waals surface area contributed by atoms with E-state index in [0.29, 0.717) is 24.6 Å². The molecule has 1 aromatic carbocycles. The fraction of sp³-hybridized carbons (Fsp3) is 0.467. The Kier molecular flexibility index (Phi) is 11.3. The van der Waals surface area contributed by atoms with E-state index in [1.165, 1.54) is 19.2 Å². The number of carbonyl (C=O) groups excluding carboxylic acids is 1. The highest BCUT2D eigenvalue weighted by Crippen LogP contribution is 2.30. The van der Waals surface area contributed by atoms with E-state index in [0.717, 1.165) is 6.29 Å². The lowest BCUT2D eigenvalue weighted by atomic mass is 9.97. The Bertz CT molecular complexity index is 583. The monoisotopic (exact) mass is 374 g/mol. The number of carbonyl (C=O) groups is 2. The third-order valence-corrected chi connectivity index (χ3v) is 3.83. The summed E-state index contributed by atoms with van der Waals surface area (Å²) in [4.78, 5) is 39.3. The van der Waals surface area contributed by atoms with Crippen LogP contribution in [0.5, 0.6) is 5.75 Å². The van der Waals surface area contributed by atoms with E-state index in [1.54, 1.807) is 6.07 Å². The smallest absolute Gasteiger partial charge is 0.320 e. The number of methoxy groups -OCH3 is 1. The summed E-state index contributed by atoms with van der Waals surface area (Å²) < 4.78 is 4.88. The van der Waals surface area contributed by atoms with Crippen molar-refractivity contribution < 1.29 is 29.2 Å². The van der Waals surface area contributed by atoms with Crippen LogP contribution in [-0.2, 0) is 9.59 Å². The minimum absolute atomic E-state index is 0.111. The standard InChI is InChI=1S/C11H13NO4.C4H10NO3P/c1-3-8(7-13)9-4-5-11(16-2)10(6-9)12(14)15;5-3(4(6)7)1-2-9-8/h4-8H,3H2,1-2H3;3,8-9H,1-2,5H2,(H,6,7)/t;3-/m.0/s1. The van der Waals surface area contributed by atoms with Crippen molar-refractivity contribution in [3.63, 3.8) is 0 Å². The molecule has 140 valence electrons. The molecular formula is C15H23N2O7P. The Morgan fingerprint density at radius 3 is 2.56 bits per heavy atom. The molecule has 9 nitrogen and oxygen atoms in total. The molecule has 0 aliphatic carbocycles. The minimum Gasteiger partial charge on any atom is -0.490 e. The Balaban J connectivity index is 0.000000547. The molecular weight excluding hydrogens is 351 g/mol. The Labute approximate surface area is 147 Å². The highest BCUT2D eigenvalue weighted by molar-refractivity contribution is 7.31. The molecule has 25 heavy (non-hydrogen) atoms. The Hall–Kier alpha value is -2.09. The molecule has 4 N–H and O–H groups in total. The van der Waals surface area contributed by atoms with Gasteiger partial charge in [0.2, 0.25) is 0 Å². The maximum Gasteiger partial charge on any atom is 0.320 e. The van der Waals surface area contributed by atoms with Crippen molar-refractivity contribution in [2.45, 2.75) is 31.7 Å². The number of nitrogens with two attached hydrogens (primary N) is 1. The number of aldehydes is 1. The number of carboxylic acids is 1. The molecule has 2 unspecified atom stereocenters. The molecule has 0 aliphatic heterocycles. The van der Waals surface area contributed by atoms with Crippen molar-refractivity contribution in [1.29, 1.82) is 0 Å². The topological polar surface area (TPSA) is 153 Å². The predicted molar refractivity (Wildman–Crippen MR) is 94.4 cm³/mol. The van der Waals surface area contributed by atoms with Crippen molar-refractivity contribution >= 4 is 26.8 Å². The molecule has 1 aromatic rings. The number of benzene rings is 1. The summed E-state index contributed by atoms with van der Waals surface area (Å²) in [6.45, 7) is 1.86. The first-order chi connectivity index (χ1) is 11.8. The first kappa shape index (κ1) is 22.9. The second kappa shape index (κ2) is 12.3. The van der Waals surface area contributed by atoms with Crippen LogP contribution in [-0.4, -0.2) is 46.5 Å². The van der Waals surface area contributed by atoms with Gasteiger partial charge in [0, 0.05) is 20.8 Å². The van der Waals surface area contributed by atoms with E-state index >= 15 is 0 Å². The van der Waals surface area contributed by atoms with Crippen molar-refractivity contribution in [3.05, 3.63) is 33.9 Å². The van der Waals surface area contributed by atoms with Crippen molar-refractivity contribution in [3.8, 4) is 5.75 Å². The maximum absolute atomic E-state index is 10.8. The van der Waals surface area contributed by atoms with Gasteiger partial charge in [-0.25, -0.2) is 0 Å². The van der Waals surface area contributed by atoms with Gasteiger partial charge in [0.1, 0.15) is 12.3 Å². The van der Waals surface area contributed by atoms with Crippen molar-refractivity contribution in [2.24, 2.45) is 5.73 Å². The largest absolute Gasteiger partial charge is 0.490 e. The Morgan fingerprint density at radius 1 is 1.52 bits per heavy atom. The maximum atomic E-state index is 10.8. The van der Waals surface area contributed by atoms with Crippen LogP contribution in [0.1, 0.15) is 31.2 Å². The summed E-state index contributed by atoms with van der Waals surface area (Å²) in [5.74, 6) is -1.10. The van der Waals surface area contributed by atoms with Crippen LogP contribution < -0.4 is 10.5 Å². The molecule has 0 spiro atoms. The predicted octanol–water partition coefficient (Wildman–Crippen LogP) is 1.67. The normalized spacial score (nSPS) is 12.8. The molecule has 0 heterocycles. The second-order valence-electron chi connectivity index (χ2n) is 4.98. The zero-order valence-corrected chi connectivity index (χ0v) is 15.0. The number of ether oxygens (including phenoxy) is 1. The van der Waals surface area contributed by atoms with E-state index in [4.69, 9.17) is 20.5 Å². The van der Waals surface area contributed by atoms with Gasteiger partial charge in [0.05, 0.1) is 12.0 Å². The zero-order valence-electron chi connectivity index (χ0n) is 14.0. The van der Waals surface area contributed by atoms with Crippen LogP contribution >= 0.6 is 8.81 Å². The summed E-state index contributed by atoms with van der Waals surface area (Å²) in [6, 6.07) is 3.76. The lowest BCUT2D eigenvalue weighted by Crippen LogP contribution is -2.30. The molecule has 0 aromatic heterocycles. The fourth-order valence-electron chi connectivity index (χ4n) is 1.83. The third-order valence-electron chi connectivity index (χ3n) is 3.32. The van der Waals surface area contributed by atoms with Gasteiger partial charge in [-0.1, -0.05) is 13.0 Å². The van der Waals surface area contributed by atoms with Gasteiger partial charge < -0.3 is 25.3 Å². The summed E-state index contributed by atoms with van der Waals surface area (Å²) >= 11 is 0. The number of carboxylic acid groups (broad SMARTS) is 1. The summed E-state index contributed by atoms with van der Waals surface area (Å²) in [7, 11) is 1.17. The molecule has 10 heteroatoms. The number of nitrogens with zero attached hydrogens (tertiary/aromatic N) is 1. The molecule has 0 aliphatic rings. The summed E-state index contributed by atoms with van der Waals surface area (Å²) in [5, 5.41) is 19.0. The average molecular weight is 374 g/mol. The number of nitro groups is 1. The van der Waals surface area contributed by atoms with Crippen molar-refractivity contribution in [1.82, 2.24) is 0 Å². The zero-order chi connectivity index (χ0) is 19.4. The summed E-state index contributed by atoms with van der Waals surface area (Å²) in [5.41, 5.74) is 5.63. The van der Waals surface area contributed by atoms with Gasteiger partial charge in [0.25, 0.3) is 0 Å². The van der Waals surface area contributed by atoms with E-state index in [-0.39, 0.29) is 26.2 Å². The highest BCUT2D eigenvalue weighted by atomic mass is 31.1. The second-order valence-corrected chi connectivity index (χ2v) is 5.80. The van der Waals surface area contributed by atoms with Crippen LogP contribution in [0.25, 0.3) is 0 Å². The van der Waals surface area contributed by atoms with Gasteiger partial charge in [-0.05, 0) is 30.6 Å². The minimum atomic E-state index is -1.01. The van der Waals surface area contributed by atoms with Crippen LogP contribution in [0.2, 0.25) is 0 Å². The number of hydrogen-bond donors (Lipinski definition) is 3. The number of hydrogen-bond acceptors (Lipinski definition) is 7. The lowest BCUT2D eigenvalue weighted by Gasteiger charge is -2.08. The van der Waals surface area contributed by atoms with Crippen LogP contribution in [0.4, 0.5) is 5.69 Å². The first-order valence-corrected chi connectivity index (χ1v) is 8.60. The molecule has 0 bridgehead atoms. The molecule has 0 amide bonds. The highest BCUT2D eigenvalue weighted by Gasteiger charge is 2.18. The quantitative estimate of drug-likeness (QED) is 0.255. The van der Waals surface area contributed by atoms with Crippen molar-refractivity contribution in [2.75, 3.05) is 13.3 Å². The molecule has 0 radical (unpaired) electrons. The number of aliphatic carboxylic acids is 1. The van der Waals surface area contributed by atoms with Crippen LogP contribution in [0, 0.1) is 10.1 Å². The molecule has 1 rings (SSSR count). The number of nitro benzene ring substituents is 1. The fourth-order valence-corrected chi connectivity index (χ4v) is 2.27. The van der Waals surface area contributed by atoms with Gasteiger partial charge in [0.15, 0.2) is 5.75 Å². The lowest BCUT2D eigenvalue weighted by molar-refractivity contribution is -0.385. The van der Waals surface area contributed by atoms with E-state index < -0.39 is 16.9 Å². The van der Waals surface area contributed by atoms with Gasteiger partial charge in [-0.3, -0.25) is 14.9 Å².